The summed E-state index contributed by atoms with van der Waals surface area (Å²) in [7, 11) is 0. The maximum absolute atomic E-state index is 13.8. The smallest absolute Gasteiger partial charge is 0.191 e. The number of halogens is 1. The van der Waals surface area contributed by atoms with Gasteiger partial charge in [0, 0.05) is 12.3 Å². The molecule has 0 amide bonds. The van der Waals surface area contributed by atoms with Crippen molar-refractivity contribution in [3.05, 3.63) is 70.8 Å². The Morgan fingerprint density at radius 2 is 1.93 bits per heavy atom. The zero-order valence-electron chi connectivity index (χ0n) is 16.1. The first-order chi connectivity index (χ1) is 13.0. The SMILES string of the molecule is CCn1c(SCc2ccccc2F)nnc1C(C)Oc1ccc(C)cc1C. The van der Waals surface area contributed by atoms with Crippen LogP contribution in [-0.4, -0.2) is 14.8 Å². The van der Waals surface area contributed by atoms with Crippen LogP contribution < -0.4 is 4.74 Å². The van der Waals surface area contributed by atoms with Crippen molar-refractivity contribution >= 4 is 11.8 Å². The van der Waals surface area contributed by atoms with E-state index in [1.165, 1.54) is 23.4 Å². The van der Waals surface area contributed by atoms with Gasteiger partial charge in [0.05, 0.1) is 0 Å². The van der Waals surface area contributed by atoms with Crippen LogP contribution in [0.1, 0.15) is 42.5 Å². The van der Waals surface area contributed by atoms with Gasteiger partial charge in [0.25, 0.3) is 0 Å². The second-order valence-electron chi connectivity index (χ2n) is 6.49. The lowest BCUT2D eigenvalue weighted by Crippen LogP contribution is -2.12. The molecule has 0 fully saturated rings. The Morgan fingerprint density at radius 3 is 2.63 bits per heavy atom. The zero-order valence-corrected chi connectivity index (χ0v) is 16.9. The number of nitrogens with zero attached hydrogens (tertiary/aromatic N) is 3. The van der Waals surface area contributed by atoms with Gasteiger partial charge in [-0.2, -0.15) is 0 Å². The second kappa shape index (κ2) is 8.57. The van der Waals surface area contributed by atoms with Crippen molar-refractivity contribution in [1.82, 2.24) is 14.8 Å². The Bertz CT molecular complexity index is 926. The topological polar surface area (TPSA) is 39.9 Å². The molecule has 142 valence electrons. The van der Waals surface area contributed by atoms with E-state index < -0.39 is 0 Å². The number of rotatable bonds is 7. The van der Waals surface area contributed by atoms with Gasteiger partial charge in [-0.1, -0.05) is 47.7 Å². The molecular formula is C21H24FN3OS. The fraction of sp³-hybridized carbons (Fsp3) is 0.333. The summed E-state index contributed by atoms with van der Waals surface area (Å²) in [6, 6.07) is 12.9. The number of aryl methyl sites for hydroxylation is 2. The highest BCUT2D eigenvalue weighted by molar-refractivity contribution is 7.98. The predicted octanol–water partition coefficient (Wildman–Crippen LogP) is 5.49. The summed E-state index contributed by atoms with van der Waals surface area (Å²) in [6.07, 6.45) is -0.235. The molecule has 2 aromatic carbocycles. The Kier molecular flexibility index (Phi) is 6.16. The number of thioether (sulfide) groups is 1. The number of aromatic nitrogens is 3. The largest absolute Gasteiger partial charge is 0.482 e. The van der Waals surface area contributed by atoms with E-state index >= 15 is 0 Å². The third-order valence-electron chi connectivity index (χ3n) is 4.37. The summed E-state index contributed by atoms with van der Waals surface area (Å²) in [5.41, 5.74) is 2.96. The molecule has 3 rings (SSSR count). The number of ether oxygens (including phenoxy) is 1. The molecular weight excluding hydrogens is 361 g/mol. The van der Waals surface area contributed by atoms with Crippen LogP contribution in [-0.2, 0) is 12.3 Å². The van der Waals surface area contributed by atoms with Crippen molar-refractivity contribution in [3.63, 3.8) is 0 Å². The van der Waals surface area contributed by atoms with Crippen LogP contribution in [0.15, 0.2) is 47.6 Å². The molecule has 4 nitrogen and oxygen atoms in total. The summed E-state index contributed by atoms with van der Waals surface area (Å²) in [5.74, 6) is 1.93. The standard InChI is InChI=1S/C21H24FN3OS/c1-5-25-20(16(4)26-19-11-10-14(2)12-15(19)3)23-24-21(25)27-13-17-8-6-7-9-18(17)22/h6-12,16H,5,13H2,1-4H3. The molecule has 27 heavy (non-hydrogen) atoms. The lowest BCUT2D eigenvalue weighted by molar-refractivity contribution is 0.208. The molecule has 0 bridgehead atoms. The molecule has 1 aromatic heterocycles. The summed E-state index contributed by atoms with van der Waals surface area (Å²) in [4.78, 5) is 0. The molecule has 0 aliphatic heterocycles. The minimum absolute atomic E-state index is 0.195. The van der Waals surface area contributed by atoms with Gasteiger partial charge in [0.1, 0.15) is 11.6 Å². The van der Waals surface area contributed by atoms with E-state index in [-0.39, 0.29) is 11.9 Å². The van der Waals surface area contributed by atoms with Gasteiger partial charge in [0.2, 0.25) is 0 Å². The Labute approximate surface area is 163 Å². The number of hydrogen-bond acceptors (Lipinski definition) is 4. The summed E-state index contributed by atoms with van der Waals surface area (Å²) >= 11 is 1.48. The van der Waals surface area contributed by atoms with E-state index in [9.17, 15) is 4.39 Å². The third kappa shape index (κ3) is 4.50. The van der Waals surface area contributed by atoms with Crippen LogP contribution in [0.2, 0.25) is 0 Å². The molecule has 0 saturated heterocycles. The van der Waals surface area contributed by atoms with Crippen molar-refractivity contribution in [1.29, 1.82) is 0 Å². The highest BCUT2D eigenvalue weighted by atomic mass is 32.2. The average molecular weight is 386 g/mol. The van der Waals surface area contributed by atoms with Gasteiger partial charge in [-0.15, -0.1) is 10.2 Å². The van der Waals surface area contributed by atoms with Crippen LogP contribution in [0, 0.1) is 19.7 Å². The molecule has 0 aliphatic rings. The van der Waals surface area contributed by atoms with E-state index in [1.807, 2.05) is 43.5 Å². The molecule has 3 aromatic rings. The molecule has 1 unspecified atom stereocenters. The highest BCUT2D eigenvalue weighted by Crippen LogP contribution is 2.28. The Balaban J connectivity index is 1.75. The van der Waals surface area contributed by atoms with E-state index in [2.05, 4.69) is 23.2 Å². The van der Waals surface area contributed by atoms with E-state index in [0.717, 1.165) is 28.8 Å². The normalized spacial score (nSPS) is 12.2. The van der Waals surface area contributed by atoms with Crippen molar-refractivity contribution in [2.75, 3.05) is 0 Å². The number of benzene rings is 2. The Hall–Kier alpha value is -2.34. The van der Waals surface area contributed by atoms with E-state index in [1.54, 1.807) is 12.1 Å². The first-order valence-electron chi connectivity index (χ1n) is 9.02. The van der Waals surface area contributed by atoms with Crippen LogP contribution in [0.4, 0.5) is 4.39 Å². The molecule has 6 heteroatoms. The van der Waals surface area contributed by atoms with E-state index in [0.29, 0.717) is 11.3 Å². The molecule has 0 aliphatic carbocycles. The predicted molar refractivity (Wildman–Crippen MR) is 107 cm³/mol. The molecule has 0 spiro atoms. The fourth-order valence-corrected chi connectivity index (χ4v) is 3.93. The summed E-state index contributed by atoms with van der Waals surface area (Å²) < 4.78 is 22.0. The Morgan fingerprint density at radius 1 is 1.15 bits per heavy atom. The number of hydrogen-bond donors (Lipinski definition) is 0. The molecule has 1 heterocycles. The molecule has 0 N–H and O–H groups in total. The van der Waals surface area contributed by atoms with Crippen molar-refractivity contribution in [2.24, 2.45) is 0 Å². The molecule has 0 radical (unpaired) electrons. The minimum atomic E-state index is -0.235. The first-order valence-corrected chi connectivity index (χ1v) is 10.0. The van der Waals surface area contributed by atoms with Crippen LogP contribution in [0.3, 0.4) is 0 Å². The lowest BCUT2D eigenvalue weighted by atomic mass is 10.1. The van der Waals surface area contributed by atoms with Crippen molar-refractivity contribution in [3.8, 4) is 5.75 Å². The minimum Gasteiger partial charge on any atom is -0.482 e. The highest BCUT2D eigenvalue weighted by Gasteiger charge is 2.19. The summed E-state index contributed by atoms with van der Waals surface area (Å²) in [5, 5.41) is 9.41. The molecule has 1 atom stereocenters. The average Bonchev–Trinajstić information content (AvgIpc) is 3.06. The first kappa shape index (κ1) is 19.4. The summed E-state index contributed by atoms with van der Waals surface area (Å²) in [6.45, 7) is 8.84. The third-order valence-corrected chi connectivity index (χ3v) is 5.39. The molecule has 0 saturated carbocycles. The fourth-order valence-electron chi connectivity index (χ4n) is 2.94. The zero-order chi connectivity index (χ0) is 19.4. The van der Waals surface area contributed by atoms with Gasteiger partial charge in [0.15, 0.2) is 17.1 Å². The van der Waals surface area contributed by atoms with Gasteiger partial charge >= 0.3 is 0 Å². The quantitative estimate of drug-likeness (QED) is 0.505. The van der Waals surface area contributed by atoms with E-state index in [4.69, 9.17) is 4.74 Å². The van der Waals surface area contributed by atoms with Crippen molar-refractivity contribution < 1.29 is 9.13 Å². The van der Waals surface area contributed by atoms with Crippen molar-refractivity contribution in [2.45, 2.75) is 51.3 Å². The lowest BCUT2D eigenvalue weighted by Gasteiger charge is -2.17. The van der Waals surface area contributed by atoms with Gasteiger partial charge in [-0.3, -0.25) is 0 Å². The monoisotopic (exact) mass is 385 g/mol. The maximum Gasteiger partial charge on any atom is 0.191 e. The van der Waals surface area contributed by atoms with Gasteiger partial charge < -0.3 is 9.30 Å². The van der Waals surface area contributed by atoms with Crippen LogP contribution in [0.5, 0.6) is 5.75 Å². The maximum atomic E-state index is 13.8. The van der Waals surface area contributed by atoms with Gasteiger partial charge in [-0.25, -0.2) is 4.39 Å². The van der Waals surface area contributed by atoms with Gasteiger partial charge in [-0.05, 0) is 51.0 Å². The second-order valence-corrected chi connectivity index (χ2v) is 7.44. The van der Waals surface area contributed by atoms with Crippen LogP contribution >= 0.6 is 11.8 Å². The van der Waals surface area contributed by atoms with Crippen LogP contribution in [0.25, 0.3) is 0 Å².